The molecular weight excluding hydrogens is 865 g/mol. The van der Waals surface area contributed by atoms with Gasteiger partial charge in [0, 0.05) is 19.3 Å². The molecule has 6 heteroatoms. The summed E-state index contributed by atoms with van der Waals surface area (Å²) >= 11 is 0. The number of carbonyl (C=O) groups excluding carboxylic acids is 3. The molecule has 0 aliphatic carbocycles. The van der Waals surface area contributed by atoms with Gasteiger partial charge in [0.1, 0.15) is 13.2 Å². The Morgan fingerprint density at radius 2 is 0.543 bits per heavy atom. The average Bonchev–Trinajstić information content (AvgIpc) is 3.36. The zero-order valence-electron chi connectivity index (χ0n) is 46.0. The zero-order chi connectivity index (χ0) is 50.7. The summed E-state index contributed by atoms with van der Waals surface area (Å²) in [7, 11) is 0. The molecule has 402 valence electrons. The second-order valence-electron chi connectivity index (χ2n) is 19.5. The number of unbranched alkanes of at least 4 members (excludes halogenated alkanes) is 28. The first kappa shape index (κ1) is 66.6. The number of allylic oxidation sites excluding steroid dienone is 14. The summed E-state index contributed by atoms with van der Waals surface area (Å²) in [5, 5.41) is 0. The van der Waals surface area contributed by atoms with E-state index in [1.807, 2.05) is 0 Å². The van der Waals surface area contributed by atoms with E-state index in [0.29, 0.717) is 19.3 Å². The Morgan fingerprint density at radius 3 is 0.871 bits per heavy atom. The van der Waals surface area contributed by atoms with Crippen LogP contribution in [-0.4, -0.2) is 37.2 Å². The molecule has 0 amide bonds. The van der Waals surface area contributed by atoms with Gasteiger partial charge < -0.3 is 14.2 Å². The third kappa shape index (κ3) is 55.5. The zero-order valence-corrected chi connectivity index (χ0v) is 46.0. The fraction of sp³-hybridized carbons (Fsp3) is 0.734. The maximum Gasteiger partial charge on any atom is 0.306 e. The number of hydrogen-bond acceptors (Lipinski definition) is 6. The summed E-state index contributed by atoms with van der Waals surface area (Å²) in [6.45, 7) is 6.53. The smallest absolute Gasteiger partial charge is 0.306 e. The number of esters is 3. The van der Waals surface area contributed by atoms with Crippen LogP contribution in [0.2, 0.25) is 0 Å². The summed E-state index contributed by atoms with van der Waals surface area (Å²) in [4.78, 5) is 38.2. The van der Waals surface area contributed by atoms with Crippen molar-refractivity contribution in [2.24, 2.45) is 0 Å². The Bertz CT molecular complexity index is 1350. The SMILES string of the molecule is CCC/C=C\C/C=C\CCCCCCCC(=O)OCC(COC(=O)CCCCCCCC/C=C\C/C=C\C/C=C\CCCCCCC)OC(=O)CCCCCCCCC/C=C\C/C=C\CCCCCC. The van der Waals surface area contributed by atoms with Crippen LogP contribution < -0.4 is 0 Å². The van der Waals surface area contributed by atoms with Gasteiger partial charge in [0.15, 0.2) is 6.10 Å². The van der Waals surface area contributed by atoms with Crippen molar-refractivity contribution < 1.29 is 28.6 Å². The summed E-state index contributed by atoms with van der Waals surface area (Å²) in [5.74, 6) is -0.919. The Labute approximate surface area is 433 Å². The van der Waals surface area contributed by atoms with Crippen LogP contribution in [0.15, 0.2) is 85.1 Å². The lowest BCUT2D eigenvalue weighted by atomic mass is 10.1. The number of rotatable bonds is 53. The van der Waals surface area contributed by atoms with Crippen LogP contribution >= 0.6 is 0 Å². The van der Waals surface area contributed by atoms with Crippen molar-refractivity contribution in [1.82, 2.24) is 0 Å². The van der Waals surface area contributed by atoms with E-state index in [9.17, 15) is 14.4 Å². The largest absolute Gasteiger partial charge is 0.462 e. The van der Waals surface area contributed by atoms with Crippen LogP contribution in [0.4, 0.5) is 0 Å². The van der Waals surface area contributed by atoms with E-state index < -0.39 is 6.10 Å². The molecule has 0 bridgehead atoms. The lowest BCUT2D eigenvalue weighted by molar-refractivity contribution is -0.167. The summed E-state index contributed by atoms with van der Waals surface area (Å²) in [5.41, 5.74) is 0. The van der Waals surface area contributed by atoms with Crippen molar-refractivity contribution in [1.29, 1.82) is 0 Å². The van der Waals surface area contributed by atoms with Gasteiger partial charge in [0.25, 0.3) is 0 Å². The monoisotopic (exact) mass is 975 g/mol. The van der Waals surface area contributed by atoms with Gasteiger partial charge in [-0.05, 0) is 116 Å². The van der Waals surface area contributed by atoms with Crippen LogP contribution in [0.3, 0.4) is 0 Å². The molecule has 0 rings (SSSR count). The average molecular weight is 976 g/mol. The second kappa shape index (κ2) is 58.2. The highest BCUT2D eigenvalue weighted by molar-refractivity contribution is 5.71. The Morgan fingerprint density at radius 1 is 0.286 bits per heavy atom. The predicted octanol–water partition coefficient (Wildman–Crippen LogP) is 19.9. The van der Waals surface area contributed by atoms with E-state index in [-0.39, 0.29) is 31.1 Å². The topological polar surface area (TPSA) is 78.9 Å². The van der Waals surface area contributed by atoms with Crippen LogP contribution in [0.25, 0.3) is 0 Å². The summed E-state index contributed by atoms with van der Waals surface area (Å²) in [6.07, 6.45) is 75.7. The highest BCUT2D eigenvalue weighted by Crippen LogP contribution is 2.14. The first-order valence-electron chi connectivity index (χ1n) is 29.6. The van der Waals surface area contributed by atoms with Crippen molar-refractivity contribution in [2.75, 3.05) is 13.2 Å². The van der Waals surface area contributed by atoms with Gasteiger partial charge >= 0.3 is 17.9 Å². The summed E-state index contributed by atoms with van der Waals surface area (Å²) in [6, 6.07) is 0. The standard InChI is InChI=1S/C64H110O6/c1-4-7-10-13-16-19-22-25-27-29-31-32-33-35-36-39-42-45-48-51-54-57-63(66)69-60-61(59-68-62(65)56-53-50-47-44-41-38-24-21-18-15-12-9-6-3)70-64(67)58-55-52-49-46-43-40-37-34-30-28-26-23-20-17-14-11-8-5-2/h12,15,20-25,28-31,33,35,61H,4-11,13-14,16-19,26-27,32,34,36-60H2,1-3H3/b15-12-,23-20-,24-21-,25-22-,30-28-,31-29-,35-33-. The molecule has 0 aromatic rings. The molecule has 0 aliphatic rings. The quantitative estimate of drug-likeness (QED) is 0.0261. The molecule has 0 saturated heterocycles. The first-order chi connectivity index (χ1) is 34.5. The van der Waals surface area contributed by atoms with Gasteiger partial charge in [0.05, 0.1) is 0 Å². The minimum atomic E-state index is -0.793. The molecule has 70 heavy (non-hydrogen) atoms. The molecule has 0 aromatic heterocycles. The Kier molecular flexibility index (Phi) is 55.3. The van der Waals surface area contributed by atoms with Crippen molar-refractivity contribution in [3.05, 3.63) is 85.1 Å². The fourth-order valence-electron chi connectivity index (χ4n) is 8.11. The Hall–Kier alpha value is -3.41. The molecule has 1 atom stereocenters. The lowest BCUT2D eigenvalue weighted by Crippen LogP contribution is -2.30. The normalized spacial score (nSPS) is 12.7. The minimum absolute atomic E-state index is 0.0913. The second-order valence-corrected chi connectivity index (χ2v) is 19.5. The van der Waals surface area contributed by atoms with Gasteiger partial charge in [0.2, 0.25) is 0 Å². The number of ether oxygens (including phenoxy) is 3. The molecule has 6 nitrogen and oxygen atoms in total. The van der Waals surface area contributed by atoms with Crippen molar-refractivity contribution in [3.8, 4) is 0 Å². The molecule has 0 saturated carbocycles. The molecule has 0 spiro atoms. The van der Waals surface area contributed by atoms with Crippen molar-refractivity contribution >= 4 is 17.9 Å². The first-order valence-corrected chi connectivity index (χ1v) is 29.6. The van der Waals surface area contributed by atoms with Gasteiger partial charge in [-0.1, -0.05) is 234 Å². The third-order valence-corrected chi connectivity index (χ3v) is 12.6. The third-order valence-electron chi connectivity index (χ3n) is 12.6. The molecule has 0 aromatic carbocycles. The van der Waals surface area contributed by atoms with E-state index in [4.69, 9.17) is 14.2 Å². The molecule has 0 fully saturated rings. The highest BCUT2D eigenvalue weighted by atomic mass is 16.6. The van der Waals surface area contributed by atoms with Gasteiger partial charge in [-0.3, -0.25) is 14.4 Å². The van der Waals surface area contributed by atoms with Crippen LogP contribution in [0, 0.1) is 0 Å². The maximum atomic E-state index is 12.9. The van der Waals surface area contributed by atoms with E-state index in [0.717, 1.165) is 122 Å². The minimum Gasteiger partial charge on any atom is -0.462 e. The molecule has 0 N–H and O–H groups in total. The number of carbonyl (C=O) groups is 3. The van der Waals surface area contributed by atoms with Crippen molar-refractivity contribution in [2.45, 2.75) is 290 Å². The fourth-order valence-corrected chi connectivity index (χ4v) is 8.11. The summed E-state index contributed by atoms with van der Waals surface area (Å²) < 4.78 is 16.9. The maximum absolute atomic E-state index is 12.9. The number of hydrogen-bond donors (Lipinski definition) is 0. The van der Waals surface area contributed by atoms with Gasteiger partial charge in [-0.15, -0.1) is 0 Å². The molecular formula is C64H110O6. The van der Waals surface area contributed by atoms with E-state index >= 15 is 0 Å². The predicted molar refractivity (Wildman–Crippen MR) is 302 cm³/mol. The Balaban J connectivity index is 4.41. The van der Waals surface area contributed by atoms with Gasteiger partial charge in [-0.2, -0.15) is 0 Å². The van der Waals surface area contributed by atoms with E-state index in [1.165, 1.54) is 122 Å². The molecule has 0 aliphatic heterocycles. The molecule has 1 unspecified atom stereocenters. The lowest BCUT2D eigenvalue weighted by Gasteiger charge is -2.18. The van der Waals surface area contributed by atoms with Crippen LogP contribution in [-0.2, 0) is 28.6 Å². The van der Waals surface area contributed by atoms with Gasteiger partial charge in [-0.25, -0.2) is 0 Å². The van der Waals surface area contributed by atoms with E-state index in [2.05, 4.69) is 106 Å². The molecule has 0 heterocycles. The van der Waals surface area contributed by atoms with Crippen LogP contribution in [0.1, 0.15) is 284 Å². The molecule has 0 radical (unpaired) electrons. The van der Waals surface area contributed by atoms with Crippen LogP contribution in [0.5, 0.6) is 0 Å². The highest BCUT2D eigenvalue weighted by Gasteiger charge is 2.19. The van der Waals surface area contributed by atoms with Crippen molar-refractivity contribution in [3.63, 3.8) is 0 Å². The van der Waals surface area contributed by atoms with E-state index in [1.54, 1.807) is 0 Å².